The van der Waals surface area contributed by atoms with Crippen molar-refractivity contribution in [1.29, 1.82) is 0 Å². The first-order valence-corrected chi connectivity index (χ1v) is 8.77. The fourth-order valence-corrected chi connectivity index (χ4v) is 3.59. The van der Waals surface area contributed by atoms with Crippen LogP contribution in [0.25, 0.3) is 0 Å². The van der Waals surface area contributed by atoms with E-state index < -0.39 is 5.66 Å². The molecule has 2 N–H and O–H groups in total. The molecule has 0 aromatic heterocycles. The molecule has 0 spiro atoms. The van der Waals surface area contributed by atoms with Crippen LogP contribution >= 0.6 is 11.6 Å². The third-order valence-electron chi connectivity index (χ3n) is 5.02. The van der Waals surface area contributed by atoms with Gasteiger partial charge in [0, 0.05) is 24.7 Å². The molecule has 2 aromatic carbocycles. The van der Waals surface area contributed by atoms with Crippen molar-refractivity contribution in [3.8, 4) is 0 Å². The van der Waals surface area contributed by atoms with E-state index in [1.165, 1.54) is 11.1 Å². The minimum absolute atomic E-state index is 0.0266. The van der Waals surface area contributed by atoms with Gasteiger partial charge in [-0.3, -0.25) is 15.1 Å². The SMILES string of the molecule is CC1(c2ccc(Cl)cc2)NCC(N2CCc3ccccc3C2)ON1. The highest BCUT2D eigenvalue weighted by molar-refractivity contribution is 6.30. The maximum atomic E-state index is 6.01. The second-order valence-corrected chi connectivity index (χ2v) is 7.11. The Morgan fingerprint density at radius 1 is 1.12 bits per heavy atom. The number of nitrogens with one attached hydrogen (secondary N) is 2. The first-order chi connectivity index (χ1) is 11.6. The van der Waals surface area contributed by atoms with E-state index in [9.17, 15) is 0 Å². The molecule has 2 aliphatic rings. The van der Waals surface area contributed by atoms with Crippen LogP contribution in [-0.4, -0.2) is 24.2 Å². The van der Waals surface area contributed by atoms with Crippen molar-refractivity contribution in [3.05, 3.63) is 70.2 Å². The van der Waals surface area contributed by atoms with E-state index in [1.54, 1.807) is 0 Å². The Hall–Kier alpha value is -1.43. The summed E-state index contributed by atoms with van der Waals surface area (Å²) in [7, 11) is 0. The van der Waals surface area contributed by atoms with Crippen molar-refractivity contribution in [2.24, 2.45) is 0 Å². The molecule has 2 unspecified atom stereocenters. The quantitative estimate of drug-likeness (QED) is 0.879. The number of benzene rings is 2. The first kappa shape index (κ1) is 16.1. The second kappa shape index (κ2) is 6.47. The summed E-state index contributed by atoms with van der Waals surface area (Å²) >= 11 is 5.98. The lowest BCUT2D eigenvalue weighted by Gasteiger charge is -2.44. The van der Waals surface area contributed by atoms with Crippen molar-refractivity contribution < 1.29 is 4.84 Å². The first-order valence-electron chi connectivity index (χ1n) is 8.39. The van der Waals surface area contributed by atoms with E-state index in [1.807, 2.05) is 24.3 Å². The third-order valence-corrected chi connectivity index (χ3v) is 5.27. The van der Waals surface area contributed by atoms with Crippen molar-refractivity contribution in [1.82, 2.24) is 15.7 Å². The van der Waals surface area contributed by atoms with Crippen LogP contribution in [0.4, 0.5) is 0 Å². The molecule has 2 aliphatic heterocycles. The van der Waals surface area contributed by atoms with Crippen molar-refractivity contribution >= 4 is 11.6 Å². The zero-order valence-electron chi connectivity index (χ0n) is 13.8. The number of hydrogen-bond acceptors (Lipinski definition) is 4. The van der Waals surface area contributed by atoms with Gasteiger partial charge in [0.25, 0.3) is 0 Å². The summed E-state index contributed by atoms with van der Waals surface area (Å²) in [5, 5.41) is 4.32. The lowest BCUT2D eigenvalue weighted by atomic mass is 9.99. The largest absolute Gasteiger partial charge is 0.290 e. The molecule has 2 atom stereocenters. The summed E-state index contributed by atoms with van der Waals surface area (Å²) in [6, 6.07) is 16.5. The van der Waals surface area contributed by atoms with Crippen LogP contribution in [0.1, 0.15) is 23.6 Å². The molecule has 5 heteroatoms. The van der Waals surface area contributed by atoms with Gasteiger partial charge >= 0.3 is 0 Å². The normalized spacial score (nSPS) is 27.7. The molecule has 24 heavy (non-hydrogen) atoms. The summed E-state index contributed by atoms with van der Waals surface area (Å²) in [6.07, 6.45) is 1.10. The lowest BCUT2D eigenvalue weighted by Crippen LogP contribution is -2.63. The number of rotatable bonds is 2. The zero-order chi connectivity index (χ0) is 16.6. The maximum Gasteiger partial charge on any atom is 0.145 e. The summed E-state index contributed by atoms with van der Waals surface area (Å²) in [4.78, 5) is 8.39. The molecule has 1 saturated heterocycles. The van der Waals surface area contributed by atoms with Gasteiger partial charge in [-0.1, -0.05) is 48.0 Å². The van der Waals surface area contributed by atoms with E-state index in [-0.39, 0.29) is 6.23 Å². The molecule has 0 radical (unpaired) electrons. The van der Waals surface area contributed by atoms with E-state index in [2.05, 4.69) is 46.9 Å². The van der Waals surface area contributed by atoms with Crippen LogP contribution in [0.2, 0.25) is 5.02 Å². The number of nitrogens with zero attached hydrogens (tertiary/aromatic N) is 1. The average Bonchev–Trinajstić information content (AvgIpc) is 2.62. The van der Waals surface area contributed by atoms with Crippen LogP contribution in [0.5, 0.6) is 0 Å². The molecule has 0 saturated carbocycles. The molecular formula is C19H22ClN3O. The molecular weight excluding hydrogens is 322 g/mol. The van der Waals surface area contributed by atoms with Crippen LogP contribution in [-0.2, 0) is 23.5 Å². The monoisotopic (exact) mass is 343 g/mol. The Kier molecular flexibility index (Phi) is 4.33. The fraction of sp³-hybridized carbons (Fsp3) is 0.368. The Morgan fingerprint density at radius 2 is 1.88 bits per heavy atom. The maximum absolute atomic E-state index is 6.01. The Bertz CT molecular complexity index is 711. The van der Waals surface area contributed by atoms with Gasteiger partial charge in [-0.05, 0) is 42.2 Å². The van der Waals surface area contributed by atoms with Gasteiger partial charge in [0.15, 0.2) is 0 Å². The van der Waals surface area contributed by atoms with Gasteiger partial charge in [0.1, 0.15) is 11.9 Å². The topological polar surface area (TPSA) is 36.5 Å². The van der Waals surface area contributed by atoms with Crippen molar-refractivity contribution in [2.75, 3.05) is 13.1 Å². The van der Waals surface area contributed by atoms with Gasteiger partial charge < -0.3 is 0 Å². The molecule has 0 amide bonds. The van der Waals surface area contributed by atoms with E-state index >= 15 is 0 Å². The van der Waals surface area contributed by atoms with Gasteiger partial charge in [-0.15, -0.1) is 0 Å². The molecule has 0 aliphatic carbocycles. The smallest absolute Gasteiger partial charge is 0.145 e. The minimum Gasteiger partial charge on any atom is -0.290 e. The Labute approximate surface area is 147 Å². The molecule has 126 valence electrons. The molecule has 4 nitrogen and oxygen atoms in total. The van der Waals surface area contributed by atoms with Crippen LogP contribution in [0, 0.1) is 0 Å². The summed E-state index contributed by atoms with van der Waals surface area (Å²) in [5.41, 5.74) is 6.76. The molecule has 2 heterocycles. The molecule has 0 bridgehead atoms. The molecule has 1 fully saturated rings. The number of hydrogen-bond donors (Lipinski definition) is 2. The highest BCUT2D eigenvalue weighted by Crippen LogP contribution is 2.26. The Balaban J connectivity index is 1.42. The van der Waals surface area contributed by atoms with Crippen LogP contribution in [0.3, 0.4) is 0 Å². The second-order valence-electron chi connectivity index (χ2n) is 6.68. The van der Waals surface area contributed by atoms with Gasteiger partial charge in [-0.25, -0.2) is 0 Å². The zero-order valence-corrected chi connectivity index (χ0v) is 14.5. The molecule has 2 aromatic rings. The highest BCUT2D eigenvalue weighted by atomic mass is 35.5. The van der Waals surface area contributed by atoms with Gasteiger partial charge in [-0.2, -0.15) is 5.48 Å². The summed E-state index contributed by atoms with van der Waals surface area (Å²) in [6.45, 7) is 4.80. The number of halogens is 1. The summed E-state index contributed by atoms with van der Waals surface area (Å²) in [5.74, 6) is 0. The van der Waals surface area contributed by atoms with Gasteiger partial charge in [0.05, 0.1) is 0 Å². The number of fused-ring (bicyclic) bond motifs is 1. The molecule has 4 rings (SSSR count). The standard InChI is InChI=1S/C19H22ClN3O/c1-19(16-6-8-17(20)9-7-16)21-12-18(24-22-19)23-11-10-14-4-2-3-5-15(14)13-23/h2-9,18,21-22H,10-13H2,1H3. The fourth-order valence-electron chi connectivity index (χ4n) is 3.47. The highest BCUT2D eigenvalue weighted by Gasteiger charge is 2.35. The predicted octanol–water partition coefficient (Wildman–Crippen LogP) is 3.02. The van der Waals surface area contributed by atoms with Crippen molar-refractivity contribution in [3.63, 3.8) is 0 Å². The van der Waals surface area contributed by atoms with E-state index in [4.69, 9.17) is 16.4 Å². The average molecular weight is 344 g/mol. The minimum atomic E-state index is -0.408. The van der Waals surface area contributed by atoms with Crippen LogP contribution in [0.15, 0.2) is 48.5 Å². The van der Waals surface area contributed by atoms with E-state index in [0.29, 0.717) is 0 Å². The summed E-state index contributed by atoms with van der Waals surface area (Å²) < 4.78 is 0. The number of hydroxylamine groups is 1. The predicted molar refractivity (Wildman–Crippen MR) is 95.4 cm³/mol. The van der Waals surface area contributed by atoms with Gasteiger partial charge in [0.2, 0.25) is 0 Å². The van der Waals surface area contributed by atoms with Crippen molar-refractivity contribution in [2.45, 2.75) is 31.8 Å². The van der Waals surface area contributed by atoms with Crippen LogP contribution < -0.4 is 10.8 Å². The Morgan fingerprint density at radius 3 is 2.58 bits per heavy atom. The lowest BCUT2D eigenvalue weighted by molar-refractivity contribution is -0.180. The van der Waals surface area contributed by atoms with E-state index in [0.717, 1.165) is 36.6 Å². The third kappa shape index (κ3) is 3.08.